The van der Waals surface area contributed by atoms with Gasteiger partial charge in [-0.1, -0.05) is 6.07 Å². The molecule has 0 aliphatic heterocycles. The molecule has 0 spiro atoms. The monoisotopic (exact) mass is 322 g/mol. The molecule has 0 radical (unpaired) electrons. The second-order valence-electron chi connectivity index (χ2n) is 4.66. The summed E-state index contributed by atoms with van der Waals surface area (Å²) >= 11 is 3.63. The SMILES string of the molecule is CCn1nc(C)c(Br)c1CN(C)Cc1ccccn1. The van der Waals surface area contributed by atoms with E-state index in [9.17, 15) is 0 Å². The maximum Gasteiger partial charge on any atom is 0.0739 e. The molecule has 0 unspecified atom stereocenters. The van der Waals surface area contributed by atoms with E-state index in [1.165, 1.54) is 5.69 Å². The Kier molecular flexibility index (Phi) is 4.71. The molecule has 5 heteroatoms. The Morgan fingerprint density at radius 3 is 2.74 bits per heavy atom. The van der Waals surface area contributed by atoms with E-state index in [4.69, 9.17) is 0 Å². The molecular weight excluding hydrogens is 304 g/mol. The number of pyridine rings is 1. The average Bonchev–Trinajstić information content (AvgIpc) is 2.67. The molecule has 2 aromatic rings. The van der Waals surface area contributed by atoms with Gasteiger partial charge in [0.15, 0.2) is 0 Å². The Labute approximate surface area is 122 Å². The Morgan fingerprint density at radius 1 is 1.32 bits per heavy atom. The molecule has 0 saturated heterocycles. The summed E-state index contributed by atoms with van der Waals surface area (Å²) < 4.78 is 3.16. The van der Waals surface area contributed by atoms with E-state index >= 15 is 0 Å². The van der Waals surface area contributed by atoms with Gasteiger partial charge in [0, 0.05) is 25.8 Å². The molecular formula is C14H19BrN4. The predicted octanol–water partition coefficient (Wildman–Crippen LogP) is 3.00. The second kappa shape index (κ2) is 6.30. The first-order valence-electron chi connectivity index (χ1n) is 6.42. The maximum absolute atomic E-state index is 4.52. The van der Waals surface area contributed by atoms with Crippen LogP contribution in [0.25, 0.3) is 0 Å². The molecule has 0 atom stereocenters. The third-order valence-electron chi connectivity index (χ3n) is 3.03. The summed E-state index contributed by atoms with van der Waals surface area (Å²) in [5, 5.41) is 4.52. The number of aromatic nitrogens is 3. The first kappa shape index (κ1) is 14.2. The first-order valence-corrected chi connectivity index (χ1v) is 7.21. The minimum atomic E-state index is 0.835. The van der Waals surface area contributed by atoms with Crippen molar-refractivity contribution in [3.05, 3.63) is 46.0 Å². The van der Waals surface area contributed by atoms with Gasteiger partial charge in [-0.25, -0.2) is 0 Å². The van der Waals surface area contributed by atoms with E-state index < -0.39 is 0 Å². The average molecular weight is 323 g/mol. The lowest BCUT2D eigenvalue weighted by molar-refractivity contribution is 0.303. The van der Waals surface area contributed by atoms with Crippen molar-refractivity contribution in [3.8, 4) is 0 Å². The van der Waals surface area contributed by atoms with Crippen molar-refractivity contribution in [2.45, 2.75) is 33.5 Å². The lowest BCUT2D eigenvalue weighted by atomic mass is 10.3. The second-order valence-corrected chi connectivity index (χ2v) is 5.45. The predicted molar refractivity (Wildman–Crippen MR) is 79.7 cm³/mol. The zero-order chi connectivity index (χ0) is 13.8. The largest absolute Gasteiger partial charge is 0.295 e. The molecule has 2 aromatic heterocycles. The number of nitrogens with zero attached hydrogens (tertiary/aromatic N) is 4. The van der Waals surface area contributed by atoms with Crippen LogP contribution in [0.5, 0.6) is 0 Å². The molecule has 0 fully saturated rings. The van der Waals surface area contributed by atoms with Gasteiger partial charge in [0.25, 0.3) is 0 Å². The summed E-state index contributed by atoms with van der Waals surface area (Å²) in [5.41, 5.74) is 3.35. The highest BCUT2D eigenvalue weighted by Crippen LogP contribution is 2.22. The molecule has 0 bridgehead atoms. The summed E-state index contributed by atoms with van der Waals surface area (Å²) in [7, 11) is 2.10. The van der Waals surface area contributed by atoms with Gasteiger partial charge in [-0.3, -0.25) is 14.6 Å². The molecule has 19 heavy (non-hydrogen) atoms. The van der Waals surface area contributed by atoms with Gasteiger partial charge in [0.1, 0.15) is 0 Å². The summed E-state index contributed by atoms with van der Waals surface area (Å²) in [6.45, 7) is 6.71. The third-order valence-corrected chi connectivity index (χ3v) is 4.06. The van der Waals surface area contributed by atoms with Crippen molar-refractivity contribution in [2.24, 2.45) is 0 Å². The van der Waals surface area contributed by atoms with Crippen LogP contribution in [-0.4, -0.2) is 26.7 Å². The minimum absolute atomic E-state index is 0.835. The van der Waals surface area contributed by atoms with E-state index in [0.717, 1.165) is 35.5 Å². The Balaban J connectivity index is 2.09. The Morgan fingerprint density at radius 2 is 2.11 bits per heavy atom. The van der Waals surface area contributed by atoms with Gasteiger partial charge >= 0.3 is 0 Å². The Bertz CT molecular complexity index is 536. The molecule has 2 rings (SSSR count). The van der Waals surface area contributed by atoms with Crippen molar-refractivity contribution in [1.29, 1.82) is 0 Å². The standard InChI is InChI=1S/C14H19BrN4/c1-4-19-13(14(15)11(2)17-19)10-18(3)9-12-7-5-6-8-16-12/h5-8H,4,9-10H2,1-3H3. The number of aryl methyl sites for hydroxylation is 2. The van der Waals surface area contributed by atoms with Crippen LogP contribution < -0.4 is 0 Å². The number of rotatable bonds is 5. The molecule has 0 amide bonds. The van der Waals surface area contributed by atoms with E-state index in [1.54, 1.807) is 0 Å². The summed E-state index contributed by atoms with van der Waals surface area (Å²) in [6.07, 6.45) is 1.83. The van der Waals surface area contributed by atoms with Crippen molar-refractivity contribution >= 4 is 15.9 Å². The molecule has 0 aliphatic carbocycles. The molecule has 0 saturated carbocycles. The molecule has 102 valence electrons. The van der Waals surface area contributed by atoms with Crippen LogP contribution in [0.15, 0.2) is 28.9 Å². The topological polar surface area (TPSA) is 34.0 Å². The smallest absolute Gasteiger partial charge is 0.0739 e. The zero-order valence-electron chi connectivity index (χ0n) is 11.6. The fraction of sp³-hybridized carbons (Fsp3) is 0.429. The molecule has 2 heterocycles. The summed E-state index contributed by atoms with van der Waals surface area (Å²) in [6, 6.07) is 6.01. The first-order chi connectivity index (χ1) is 9.11. The maximum atomic E-state index is 4.52. The number of halogens is 1. The van der Waals surface area contributed by atoms with Crippen molar-refractivity contribution in [3.63, 3.8) is 0 Å². The van der Waals surface area contributed by atoms with Gasteiger partial charge in [0.05, 0.1) is 21.6 Å². The van der Waals surface area contributed by atoms with Crippen LogP contribution in [0.2, 0.25) is 0 Å². The number of hydrogen-bond donors (Lipinski definition) is 0. The lowest BCUT2D eigenvalue weighted by Gasteiger charge is -2.17. The van der Waals surface area contributed by atoms with Crippen LogP contribution in [-0.2, 0) is 19.6 Å². The number of hydrogen-bond acceptors (Lipinski definition) is 3. The van der Waals surface area contributed by atoms with Crippen LogP contribution >= 0.6 is 15.9 Å². The quantitative estimate of drug-likeness (QED) is 0.848. The van der Waals surface area contributed by atoms with Crippen LogP contribution in [0, 0.1) is 6.92 Å². The van der Waals surface area contributed by atoms with Gasteiger partial charge in [-0.05, 0) is 49.0 Å². The normalized spacial score (nSPS) is 11.2. The highest BCUT2D eigenvalue weighted by atomic mass is 79.9. The molecule has 0 aliphatic rings. The highest BCUT2D eigenvalue weighted by Gasteiger charge is 2.14. The van der Waals surface area contributed by atoms with Gasteiger partial charge < -0.3 is 0 Å². The van der Waals surface area contributed by atoms with Crippen LogP contribution in [0.3, 0.4) is 0 Å². The van der Waals surface area contributed by atoms with E-state index in [2.05, 4.69) is 44.9 Å². The fourth-order valence-corrected chi connectivity index (χ4v) is 2.51. The van der Waals surface area contributed by atoms with Crippen molar-refractivity contribution in [2.75, 3.05) is 7.05 Å². The fourth-order valence-electron chi connectivity index (χ4n) is 2.10. The van der Waals surface area contributed by atoms with E-state index in [1.807, 2.05) is 36.0 Å². The van der Waals surface area contributed by atoms with E-state index in [-0.39, 0.29) is 0 Å². The van der Waals surface area contributed by atoms with Crippen molar-refractivity contribution in [1.82, 2.24) is 19.7 Å². The van der Waals surface area contributed by atoms with E-state index in [0.29, 0.717) is 0 Å². The lowest BCUT2D eigenvalue weighted by Crippen LogP contribution is -2.20. The van der Waals surface area contributed by atoms with Crippen molar-refractivity contribution < 1.29 is 0 Å². The third kappa shape index (κ3) is 3.42. The van der Waals surface area contributed by atoms with Crippen LogP contribution in [0.1, 0.15) is 24.0 Å². The van der Waals surface area contributed by atoms with Gasteiger partial charge in [-0.15, -0.1) is 0 Å². The molecule has 0 N–H and O–H groups in total. The summed E-state index contributed by atoms with van der Waals surface area (Å²) in [4.78, 5) is 6.60. The summed E-state index contributed by atoms with van der Waals surface area (Å²) in [5.74, 6) is 0. The molecule has 4 nitrogen and oxygen atoms in total. The zero-order valence-corrected chi connectivity index (χ0v) is 13.2. The minimum Gasteiger partial charge on any atom is -0.295 e. The highest BCUT2D eigenvalue weighted by molar-refractivity contribution is 9.10. The van der Waals surface area contributed by atoms with Gasteiger partial charge in [0.2, 0.25) is 0 Å². The van der Waals surface area contributed by atoms with Crippen LogP contribution in [0.4, 0.5) is 0 Å². The Hall–Kier alpha value is -1.20. The van der Waals surface area contributed by atoms with Gasteiger partial charge in [-0.2, -0.15) is 5.10 Å². The molecule has 0 aromatic carbocycles.